The van der Waals surface area contributed by atoms with Gasteiger partial charge in [0.15, 0.2) is 0 Å². The van der Waals surface area contributed by atoms with Crippen LogP contribution in [0.3, 0.4) is 0 Å². The van der Waals surface area contributed by atoms with E-state index >= 15 is 0 Å². The van der Waals surface area contributed by atoms with E-state index in [0.717, 1.165) is 25.9 Å². The van der Waals surface area contributed by atoms with Crippen molar-refractivity contribution >= 4 is 11.6 Å². The van der Waals surface area contributed by atoms with Crippen LogP contribution in [0.4, 0.5) is 4.39 Å². The Labute approximate surface area is 99.7 Å². The molecule has 0 saturated carbocycles. The molecule has 2 nitrogen and oxygen atoms in total. The molecule has 0 spiro atoms. The first kappa shape index (κ1) is 11.7. The van der Waals surface area contributed by atoms with Crippen LogP contribution in [0.1, 0.15) is 12.0 Å². The predicted octanol–water partition coefficient (Wildman–Crippen LogP) is 2.64. The van der Waals surface area contributed by atoms with Crippen molar-refractivity contribution in [2.24, 2.45) is 5.92 Å². The molecule has 16 heavy (non-hydrogen) atoms. The quantitative estimate of drug-likeness (QED) is 0.881. The molecule has 1 aliphatic rings. The summed E-state index contributed by atoms with van der Waals surface area (Å²) in [6.45, 7) is 1.99. The van der Waals surface area contributed by atoms with Gasteiger partial charge in [-0.25, -0.2) is 4.39 Å². The van der Waals surface area contributed by atoms with Crippen LogP contribution in [-0.2, 0) is 6.42 Å². The van der Waals surface area contributed by atoms with E-state index in [1.165, 1.54) is 7.11 Å². The molecule has 1 N–H and O–H groups in total. The lowest BCUT2D eigenvalue weighted by Crippen LogP contribution is -2.11. The molecular weight excluding hydrogens is 229 g/mol. The van der Waals surface area contributed by atoms with Gasteiger partial charge < -0.3 is 10.1 Å². The van der Waals surface area contributed by atoms with E-state index in [9.17, 15) is 4.39 Å². The number of benzene rings is 1. The maximum atomic E-state index is 13.9. The minimum Gasteiger partial charge on any atom is -0.495 e. The van der Waals surface area contributed by atoms with Gasteiger partial charge in [-0.05, 0) is 43.5 Å². The average molecular weight is 244 g/mol. The van der Waals surface area contributed by atoms with Gasteiger partial charge in [0.1, 0.15) is 16.6 Å². The molecule has 1 fully saturated rings. The maximum absolute atomic E-state index is 13.9. The van der Waals surface area contributed by atoms with Gasteiger partial charge >= 0.3 is 0 Å². The Morgan fingerprint density at radius 1 is 1.56 bits per heavy atom. The van der Waals surface area contributed by atoms with Gasteiger partial charge in [-0.15, -0.1) is 0 Å². The topological polar surface area (TPSA) is 21.3 Å². The Morgan fingerprint density at radius 3 is 3.00 bits per heavy atom. The molecule has 1 unspecified atom stereocenters. The largest absolute Gasteiger partial charge is 0.495 e. The summed E-state index contributed by atoms with van der Waals surface area (Å²) in [6.07, 6.45) is 1.84. The van der Waals surface area contributed by atoms with Crippen LogP contribution < -0.4 is 10.1 Å². The Hall–Kier alpha value is -0.800. The van der Waals surface area contributed by atoms with E-state index in [2.05, 4.69) is 5.32 Å². The smallest absolute Gasteiger partial charge is 0.148 e. The Morgan fingerprint density at radius 2 is 2.38 bits per heavy atom. The van der Waals surface area contributed by atoms with Crippen molar-refractivity contribution in [3.05, 3.63) is 28.5 Å². The summed E-state index contributed by atoms with van der Waals surface area (Å²) in [6, 6.07) is 3.49. The van der Waals surface area contributed by atoms with Crippen LogP contribution in [0.2, 0.25) is 5.02 Å². The van der Waals surface area contributed by atoms with Gasteiger partial charge in [0.05, 0.1) is 7.11 Å². The number of nitrogens with one attached hydrogen (secondary N) is 1. The van der Waals surface area contributed by atoms with E-state index in [0.29, 0.717) is 17.2 Å². The molecule has 0 amide bonds. The molecule has 0 radical (unpaired) electrons. The summed E-state index contributed by atoms with van der Waals surface area (Å²) in [5.41, 5.74) is 0.680. The third kappa shape index (κ3) is 2.30. The van der Waals surface area contributed by atoms with Crippen molar-refractivity contribution in [1.82, 2.24) is 5.32 Å². The zero-order valence-electron chi connectivity index (χ0n) is 9.22. The minimum absolute atomic E-state index is 0.0888. The first-order valence-corrected chi connectivity index (χ1v) is 5.81. The molecule has 1 heterocycles. The Kier molecular flexibility index (Phi) is 3.66. The van der Waals surface area contributed by atoms with E-state index in [4.69, 9.17) is 16.3 Å². The van der Waals surface area contributed by atoms with Crippen LogP contribution in [0.25, 0.3) is 0 Å². The zero-order chi connectivity index (χ0) is 11.5. The molecular formula is C12H15ClFNO. The number of ether oxygens (including phenoxy) is 1. The second kappa shape index (κ2) is 5.02. The molecule has 1 atom stereocenters. The van der Waals surface area contributed by atoms with Gasteiger partial charge in [-0.2, -0.15) is 0 Å². The van der Waals surface area contributed by atoms with Crippen molar-refractivity contribution < 1.29 is 9.13 Å². The first-order valence-electron chi connectivity index (χ1n) is 5.44. The lowest BCUT2D eigenvalue weighted by atomic mass is 9.98. The Bertz CT molecular complexity index is 378. The molecule has 2 rings (SSSR count). The van der Waals surface area contributed by atoms with Crippen LogP contribution in [-0.4, -0.2) is 20.2 Å². The van der Waals surface area contributed by atoms with Crippen LogP contribution in [0.15, 0.2) is 12.1 Å². The monoisotopic (exact) mass is 243 g/mol. The molecule has 1 aliphatic heterocycles. The first-order chi connectivity index (χ1) is 7.72. The molecule has 1 saturated heterocycles. The molecule has 1 aromatic rings. The fraction of sp³-hybridized carbons (Fsp3) is 0.500. The number of hydrogen-bond donors (Lipinski definition) is 1. The zero-order valence-corrected chi connectivity index (χ0v) is 9.98. The van der Waals surface area contributed by atoms with E-state index in [1.807, 2.05) is 0 Å². The highest BCUT2D eigenvalue weighted by Crippen LogP contribution is 2.30. The molecule has 4 heteroatoms. The van der Waals surface area contributed by atoms with Gasteiger partial charge in [-0.3, -0.25) is 0 Å². The average Bonchev–Trinajstić information content (AvgIpc) is 2.78. The third-order valence-corrected chi connectivity index (χ3v) is 3.37. The van der Waals surface area contributed by atoms with Crippen molar-refractivity contribution in [2.45, 2.75) is 12.8 Å². The van der Waals surface area contributed by atoms with Crippen LogP contribution in [0.5, 0.6) is 5.75 Å². The number of halogens is 2. The highest BCUT2D eigenvalue weighted by atomic mass is 35.5. The second-order valence-corrected chi connectivity index (χ2v) is 4.50. The fourth-order valence-corrected chi connectivity index (χ4v) is 2.35. The summed E-state index contributed by atoms with van der Waals surface area (Å²) in [4.78, 5) is 0. The molecule has 1 aromatic carbocycles. The minimum atomic E-state index is -0.340. The third-order valence-electron chi connectivity index (χ3n) is 3.02. The van der Waals surface area contributed by atoms with Crippen LogP contribution >= 0.6 is 11.6 Å². The molecule has 88 valence electrons. The van der Waals surface area contributed by atoms with E-state index in [1.54, 1.807) is 12.1 Å². The van der Waals surface area contributed by atoms with Gasteiger partial charge in [0.2, 0.25) is 0 Å². The number of rotatable bonds is 3. The Balaban J connectivity index is 2.18. The van der Waals surface area contributed by atoms with E-state index in [-0.39, 0.29) is 10.8 Å². The van der Waals surface area contributed by atoms with E-state index < -0.39 is 0 Å². The second-order valence-electron chi connectivity index (χ2n) is 4.12. The van der Waals surface area contributed by atoms with Gasteiger partial charge in [0.25, 0.3) is 0 Å². The summed E-state index contributed by atoms with van der Waals surface area (Å²) < 4.78 is 18.8. The normalized spacial score (nSPS) is 20.1. The van der Waals surface area contributed by atoms with Gasteiger partial charge in [0, 0.05) is 0 Å². The lowest BCUT2D eigenvalue weighted by Gasteiger charge is -2.11. The maximum Gasteiger partial charge on any atom is 0.148 e. The summed E-state index contributed by atoms with van der Waals surface area (Å²) >= 11 is 5.87. The number of hydrogen-bond acceptors (Lipinski definition) is 2. The van der Waals surface area contributed by atoms with Crippen molar-refractivity contribution in [3.63, 3.8) is 0 Å². The molecule has 0 bridgehead atoms. The summed E-state index contributed by atoms with van der Waals surface area (Å²) in [5, 5.41) is 3.36. The highest BCUT2D eigenvalue weighted by Gasteiger charge is 2.19. The molecule has 0 aromatic heterocycles. The highest BCUT2D eigenvalue weighted by molar-refractivity contribution is 6.32. The SMILES string of the molecule is COc1ccc(CC2CCNC2)c(F)c1Cl. The predicted molar refractivity (Wildman–Crippen MR) is 62.6 cm³/mol. The summed E-state index contributed by atoms with van der Waals surface area (Å²) in [5.74, 6) is 0.569. The van der Waals surface area contributed by atoms with Crippen molar-refractivity contribution in [1.29, 1.82) is 0 Å². The summed E-state index contributed by atoms with van der Waals surface area (Å²) in [7, 11) is 1.49. The fourth-order valence-electron chi connectivity index (χ4n) is 2.09. The van der Waals surface area contributed by atoms with Crippen LogP contribution in [0, 0.1) is 11.7 Å². The molecule has 0 aliphatic carbocycles. The van der Waals surface area contributed by atoms with Crippen molar-refractivity contribution in [3.8, 4) is 5.75 Å². The standard InChI is InChI=1S/C12H15ClFNO/c1-16-10-3-2-9(12(14)11(10)13)6-8-4-5-15-7-8/h2-3,8,15H,4-7H2,1H3. The number of methoxy groups -OCH3 is 1. The lowest BCUT2D eigenvalue weighted by molar-refractivity contribution is 0.410. The van der Waals surface area contributed by atoms with Crippen molar-refractivity contribution in [2.75, 3.05) is 20.2 Å². The van der Waals surface area contributed by atoms with Gasteiger partial charge in [-0.1, -0.05) is 17.7 Å².